The smallest absolute Gasteiger partial charge is 0.306 e. The highest BCUT2D eigenvalue weighted by Gasteiger charge is 2.42. The van der Waals surface area contributed by atoms with Crippen LogP contribution in [-0.2, 0) is 94.1 Å². The summed E-state index contributed by atoms with van der Waals surface area (Å²) in [5.74, 6) is -1.41. The van der Waals surface area contributed by atoms with Gasteiger partial charge < -0.3 is 53.8 Å². The minimum atomic E-state index is -3.81. The Labute approximate surface area is 796 Å². The van der Waals surface area contributed by atoms with Crippen LogP contribution in [0.3, 0.4) is 0 Å². The zero-order valence-corrected chi connectivity index (χ0v) is 84.0. The summed E-state index contributed by atoms with van der Waals surface area (Å²) in [7, 11) is -13.9. The lowest BCUT2D eigenvalue weighted by atomic mass is 9.93. The summed E-state index contributed by atoms with van der Waals surface area (Å²) in [5.41, 5.74) is 12.0. The quantitative estimate of drug-likeness (QED) is 0.0117. The van der Waals surface area contributed by atoms with Gasteiger partial charge in [-0.3, -0.25) is 56.8 Å². The zero-order chi connectivity index (χ0) is 99.2. The molecule has 32 heteroatoms. The fourth-order valence-corrected chi connectivity index (χ4v) is 25.5. The van der Waals surface area contributed by atoms with E-state index in [1.807, 2.05) is 135 Å². The molecule has 6 N–H and O–H groups in total. The molecule has 0 atom stereocenters. The van der Waals surface area contributed by atoms with Gasteiger partial charge in [-0.05, 0) is 140 Å². The summed E-state index contributed by atoms with van der Waals surface area (Å²) in [5, 5.41) is 58.1. The lowest BCUT2D eigenvalue weighted by Crippen LogP contribution is -2.34. The molecular formula is C103H132N5O22P3S2. The molecule has 0 radical (unpaired) electrons. The molecule has 0 amide bonds. The lowest BCUT2D eigenvalue weighted by Gasteiger charge is -2.26. The summed E-state index contributed by atoms with van der Waals surface area (Å²) in [6.45, 7) is 23.1. The van der Waals surface area contributed by atoms with Crippen molar-refractivity contribution in [2.24, 2.45) is 0 Å². The van der Waals surface area contributed by atoms with Crippen molar-refractivity contribution in [1.29, 1.82) is 0 Å². The Bertz CT molecular complexity index is 5690. The minimum absolute atomic E-state index is 0.0159. The van der Waals surface area contributed by atoms with Gasteiger partial charge in [0.15, 0.2) is 0 Å². The Hall–Kier alpha value is -9.78. The molecule has 10 rings (SSSR count). The number of nitrogens with zero attached hydrogens (tertiary/aromatic N) is 5. The second kappa shape index (κ2) is 55.0. The average molecular weight is 1950 g/mol. The van der Waals surface area contributed by atoms with E-state index < -0.39 is 52.7 Å². The second-order valence-electron chi connectivity index (χ2n) is 32.7. The standard InChI is InChI=1S/C31H36NO6P.C29H36NO8PS2.C27H32NO4P.C16H28N2O4/c1-22-20-23(2)30(24(3)27(22)21-32(18-16-28(33)37-4)19-17-29(34)38-5)31(35)39(36,25-12-8-6-9-13-25)26-14-10-7-11-15-26;1-22-20-23(2)28(29(31)39(32,25-12-8-6-9-13-25)26-14-10-7-11-15-26)24(3)27(22)21-30(16-18-40(33,34)37-4)17-19-41(35,36)38-5;1-20-18-21(2)26(22(3)25(20)19-28(14-16-29)15-17-30)27(31)33(32,23-10-6-4-7-11-23)24-12-8-5-9-13-24;19-9-5-17(6-10-20)13-15-3-1-2-4-16(15)14-18(7-11-21)8-12-22/h6-15,20H,16-19,21H2,1-5H3;6-15,20H,16-19,21H2,1-5H3;4-13,18,29-30H,14-17,19H2,1-3H3;1-4,19-22H,5-14H2. The lowest BCUT2D eigenvalue weighted by molar-refractivity contribution is -0.141. The summed E-state index contributed by atoms with van der Waals surface area (Å²) in [6, 6.07) is 66.9. The molecule has 0 aliphatic heterocycles. The molecule has 0 saturated heterocycles. The third kappa shape index (κ3) is 30.9. The van der Waals surface area contributed by atoms with Gasteiger partial charge in [0.05, 0.1) is 92.4 Å². The predicted octanol–water partition coefficient (Wildman–Crippen LogP) is 11.0. The van der Waals surface area contributed by atoms with Crippen LogP contribution in [0.2, 0.25) is 0 Å². The Balaban J connectivity index is 0.000000251. The molecule has 0 bridgehead atoms. The van der Waals surface area contributed by atoms with Gasteiger partial charge in [0.1, 0.15) is 0 Å². The number of carbonyl (C=O) groups is 5. The van der Waals surface area contributed by atoms with Crippen LogP contribution in [0.1, 0.15) is 122 Å². The molecule has 10 aromatic rings. The first kappa shape index (κ1) is 112. The molecular weight excluding hydrogens is 1820 g/mol. The first-order valence-electron chi connectivity index (χ1n) is 44.6. The molecule has 0 heterocycles. The van der Waals surface area contributed by atoms with Crippen molar-refractivity contribution in [3.8, 4) is 0 Å². The van der Waals surface area contributed by atoms with Crippen molar-refractivity contribution in [2.75, 3.05) is 145 Å². The number of aryl methyl sites for hydroxylation is 6. The van der Waals surface area contributed by atoms with Crippen LogP contribution in [0.15, 0.2) is 224 Å². The fourth-order valence-electron chi connectivity index (χ4n) is 16.4. The first-order valence-corrected chi connectivity index (χ1v) is 52.9. The molecule has 0 spiro atoms. The molecule has 0 aliphatic carbocycles. The minimum Gasteiger partial charge on any atom is -0.469 e. The number of methoxy groups -OCH3 is 2. The molecule has 0 fully saturated rings. The maximum Gasteiger partial charge on any atom is 0.306 e. The predicted molar refractivity (Wildman–Crippen MR) is 534 cm³/mol. The monoisotopic (exact) mass is 1950 g/mol. The van der Waals surface area contributed by atoms with Gasteiger partial charge in [-0.2, -0.15) is 16.8 Å². The van der Waals surface area contributed by atoms with Gasteiger partial charge in [0.25, 0.3) is 20.2 Å². The van der Waals surface area contributed by atoms with Gasteiger partial charge in [-0.1, -0.05) is 224 Å². The summed E-state index contributed by atoms with van der Waals surface area (Å²) in [6.07, 6.45) is 0.315. The van der Waals surface area contributed by atoms with Crippen LogP contribution >= 0.6 is 21.4 Å². The maximum absolute atomic E-state index is 14.8. The first-order chi connectivity index (χ1) is 64.5. The molecule has 0 unspecified atom stereocenters. The number of carbonyl (C=O) groups excluding carboxylic acids is 5. The topological polar surface area (TPSA) is 379 Å². The molecule has 27 nitrogen and oxygen atoms in total. The van der Waals surface area contributed by atoms with E-state index in [4.69, 9.17) is 29.9 Å². The number of hydrogen-bond acceptors (Lipinski definition) is 27. The zero-order valence-electron chi connectivity index (χ0n) is 79.6. The molecule has 0 saturated carbocycles. The molecule has 135 heavy (non-hydrogen) atoms. The normalized spacial score (nSPS) is 11.8. The number of aliphatic hydroxyl groups excluding tert-OH is 6. The largest absolute Gasteiger partial charge is 0.469 e. The van der Waals surface area contributed by atoms with Crippen LogP contribution in [0.25, 0.3) is 0 Å². The highest BCUT2D eigenvalue weighted by molar-refractivity contribution is 7.94. The third-order valence-electron chi connectivity index (χ3n) is 23.7. The number of esters is 2. The van der Waals surface area contributed by atoms with Gasteiger partial charge in [0, 0.05) is 147 Å². The van der Waals surface area contributed by atoms with Gasteiger partial charge in [0.2, 0.25) is 38.0 Å². The van der Waals surface area contributed by atoms with Crippen LogP contribution in [-0.4, -0.2) is 246 Å². The van der Waals surface area contributed by atoms with E-state index in [1.54, 1.807) is 176 Å². The fraction of sp³-hybridized carbons (Fsp3) is 0.369. The Kier molecular flexibility index (Phi) is 45.7. The van der Waals surface area contributed by atoms with Gasteiger partial charge in [-0.15, -0.1) is 0 Å². The van der Waals surface area contributed by atoms with Crippen LogP contribution in [0.4, 0.5) is 0 Å². The number of benzene rings is 10. The number of aliphatic hydroxyl groups is 6. The Morgan fingerprint density at radius 2 is 0.481 bits per heavy atom. The molecule has 0 aliphatic rings. The van der Waals surface area contributed by atoms with E-state index in [0.717, 1.165) is 81.0 Å². The Morgan fingerprint density at radius 1 is 0.281 bits per heavy atom. The van der Waals surface area contributed by atoms with Gasteiger partial charge in [-0.25, -0.2) is 0 Å². The maximum atomic E-state index is 14.8. The van der Waals surface area contributed by atoms with E-state index in [1.165, 1.54) is 14.2 Å². The van der Waals surface area contributed by atoms with Crippen LogP contribution < -0.4 is 31.8 Å². The summed E-state index contributed by atoms with van der Waals surface area (Å²) >= 11 is 0. The van der Waals surface area contributed by atoms with Crippen LogP contribution in [0.5, 0.6) is 0 Å². The summed E-state index contributed by atoms with van der Waals surface area (Å²) in [4.78, 5) is 76.2. The Morgan fingerprint density at radius 3 is 0.689 bits per heavy atom. The van der Waals surface area contributed by atoms with E-state index >= 15 is 0 Å². The van der Waals surface area contributed by atoms with Crippen LogP contribution in [0, 0.1) is 62.3 Å². The van der Waals surface area contributed by atoms with Crippen molar-refractivity contribution >= 4 is 102 Å². The highest BCUT2D eigenvalue weighted by atomic mass is 32.2. The molecule has 10 aromatic carbocycles. The third-order valence-corrected chi connectivity index (χ3v) is 34.6. The van der Waals surface area contributed by atoms with E-state index in [2.05, 4.69) is 8.37 Å². The van der Waals surface area contributed by atoms with E-state index in [9.17, 15) is 64.7 Å². The van der Waals surface area contributed by atoms with Gasteiger partial charge >= 0.3 is 11.9 Å². The number of ether oxygens (including phenoxy) is 2. The number of hydrogen-bond donors (Lipinski definition) is 6. The highest BCUT2D eigenvalue weighted by Crippen LogP contribution is 2.52. The van der Waals surface area contributed by atoms with E-state index in [0.29, 0.717) is 138 Å². The number of rotatable bonds is 48. The average Bonchev–Trinajstić information content (AvgIpc) is 0.756. The summed E-state index contributed by atoms with van der Waals surface area (Å²) < 4.78 is 111. The van der Waals surface area contributed by atoms with Crippen molar-refractivity contribution in [1.82, 2.24) is 24.5 Å². The van der Waals surface area contributed by atoms with Crippen molar-refractivity contribution < 1.29 is 103 Å². The van der Waals surface area contributed by atoms with Crippen molar-refractivity contribution in [2.45, 2.75) is 108 Å². The molecule has 728 valence electrons. The molecule has 0 aromatic heterocycles. The SMILES string of the molecule is COC(=O)CCN(CCC(=O)OC)Cc1c(C)cc(C)c(C(=O)P(=O)(c2ccccc2)c2ccccc2)c1C.COS(=O)(=O)CCN(CCS(=O)(=O)OC)Cc1c(C)cc(C)c(C(=O)P(=O)(c2ccccc2)c2ccccc2)c1C.Cc1cc(C)c(C(=O)P(=O)(c2ccccc2)c2ccccc2)c(C)c1CN(CCO)CCO.OCCN(CCO)Cc1ccccc1CN(CCO)CCO. The second-order valence-corrected chi connectivity index (χ2v) is 44.4. The van der Waals surface area contributed by atoms with Crippen molar-refractivity contribution in [3.63, 3.8) is 0 Å². The van der Waals surface area contributed by atoms with Crippen molar-refractivity contribution in [3.05, 3.63) is 319 Å². The van der Waals surface area contributed by atoms with E-state index in [-0.39, 0.29) is 101 Å².